The van der Waals surface area contributed by atoms with E-state index in [-0.39, 0.29) is 24.0 Å². The van der Waals surface area contributed by atoms with Crippen molar-refractivity contribution in [2.75, 3.05) is 6.61 Å². The van der Waals surface area contributed by atoms with Crippen LogP contribution >= 0.6 is 0 Å². The van der Waals surface area contributed by atoms with E-state index in [2.05, 4.69) is 0 Å². The molecule has 0 aromatic carbocycles. The van der Waals surface area contributed by atoms with Gasteiger partial charge >= 0.3 is 5.97 Å². The molecule has 1 aliphatic carbocycles. The summed E-state index contributed by atoms with van der Waals surface area (Å²) in [5, 5.41) is 0. The molecule has 4 nitrogen and oxygen atoms in total. The van der Waals surface area contributed by atoms with Crippen molar-refractivity contribution in [1.29, 1.82) is 0 Å². The van der Waals surface area contributed by atoms with Crippen LogP contribution in [0.15, 0.2) is 0 Å². The maximum absolute atomic E-state index is 11.9. The highest BCUT2D eigenvalue weighted by atomic mass is 16.5. The summed E-state index contributed by atoms with van der Waals surface area (Å²) in [4.78, 5) is 25.4. The van der Waals surface area contributed by atoms with Gasteiger partial charge in [0, 0.05) is 13.0 Å². The van der Waals surface area contributed by atoms with Crippen LogP contribution in [0, 0.1) is 5.92 Å². The first kappa shape index (κ1) is 12.4. The van der Waals surface area contributed by atoms with E-state index in [0.717, 1.165) is 19.3 Å². The number of hydrogen-bond acceptors (Lipinski definition) is 3. The first-order valence-corrected chi connectivity index (χ1v) is 6.60. The van der Waals surface area contributed by atoms with Gasteiger partial charge in [-0.3, -0.25) is 4.79 Å². The molecule has 3 unspecified atom stereocenters. The highest BCUT2D eigenvalue weighted by Crippen LogP contribution is 2.40. The van der Waals surface area contributed by atoms with Gasteiger partial charge in [0.05, 0.1) is 6.61 Å². The van der Waals surface area contributed by atoms with Gasteiger partial charge in [-0.25, -0.2) is 4.79 Å². The van der Waals surface area contributed by atoms with Gasteiger partial charge in [-0.15, -0.1) is 0 Å². The maximum atomic E-state index is 11.9. The molecule has 1 aliphatic heterocycles. The zero-order valence-corrected chi connectivity index (χ0v) is 10.6. The fraction of sp³-hybridized carbons (Fsp3) is 0.846. The second-order valence-electron chi connectivity index (χ2n) is 5.04. The van der Waals surface area contributed by atoms with Crippen LogP contribution in [0.25, 0.3) is 0 Å². The lowest BCUT2D eigenvalue weighted by Crippen LogP contribution is -2.45. The Morgan fingerprint density at radius 2 is 2.00 bits per heavy atom. The molecule has 0 N–H and O–H groups in total. The number of hydrogen-bond donors (Lipinski definition) is 0. The zero-order chi connectivity index (χ0) is 12.4. The molecule has 1 heterocycles. The Bertz CT molecular complexity index is 316. The highest BCUT2D eigenvalue weighted by Gasteiger charge is 2.46. The average Bonchev–Trinajstić information content (AvgIpc) is 2.68. The van der Waals surface area contributed by atoms with Crippen molar-refractivity contribution in [2.24, 2.45) is 5.92 Å². The molecule has 3 atom stereocenters. The van der Waals surface area contributed by atoms with E-state index in [9.17, 15) is 9.59 Å². The Morgan fingerprint density at radius 3 is 2.65 bits per heavy atom. The van der Waals surface area contributed by atoms with Crippen LogP contribution in [-0.2, 0) is 14.3 Å². The van der Waals surface area contributed by atoms with Crippen molar-refractivity contribution in [1.82, 2.24) is 4.90 Å². The van der Waals surface area contributed by atoms with E-state index < -0.39 is 0 Å². The molecular formula is C13H21NO3. The zero-order valence-electron chi connectivity index (χ0n) is 10.6. The predicted molar refractivity (Wildman–Crippen MR) is 63.3 cm³/mol. The molecule has 0 bridgehead atoms. The van der Waals surface area contributed by atoms with Gasteiger partial charge in [0.1, 0.15) is 6.04 Å². The first-order valence-electron chi connectivity index (χ1n) is 6.60. The Labute approximate surface area is 102 Å². The van der Waals surface area contributed by atoms with Gasteiger partial charge in [-0.05, 0) is 32.1 Å². The number of nitrogens with zero attached hydrogens (tertiary/aromatic N) is 1. The minimum atomic E-state index is -0.333. The van der Waals surface area contributed by atoms with Crippen molar-refractivity contribution in [2.45, 2.75) is 58.0 Å². The van der Waals surface area contributed by atoms with Crippen LogP contribution in [0.1, 0.15) is 46.0 Å². The summed E-state index contributed by atoms with van der Waals surface area (Å²) in [7, 11) is 0. The Kier molecular flexibility index (Phi) is 3.69. The number of carbonyl (C=O) groups is 2. The van der Waals surface area contributed by atoms with Crippen LogP contribution in [0.4, 0.5) is 0 Å². The van der Waals surface area contributed by atoms with Crippen molar-refractivity contribution in [3.05, 3.63) is 0 Å². The SMILES string of the molecule is CCOC(=O)C1CC2CCCCC2N1C(C)=O. The summed E-state index contributed by atoms with van der Waals surface area (Å²) in [5.74, 6) is 0.289. The van der Waals surface area contributed by atoms with Crippen LogP contribution < -0.4 is 0 Å². The molecule has 1 amide bonds. The van der Waals surface area contributed by atoms with E-state index >= 15 is 0 Å². The summed E-state index contributed by atoms with van der Waals surface area (Å²) in [5.41, 5.74) is 0. The van der Waals surface area contributed by atoms with Crippen molar-refractivity contribution < 1.29 is 14.3 Å². The molecule has 2 aliphatic rings. The summed E-state index contributed by atoms with van der Waals surface area (Å²) in [6, 6.07) is -0.0591. The van der Waals surface area contributed by atoms with Gasteiger partial charge in [-0.1, -0.05) is 12.8 Å². The topological polar surface area (TPSA) is 46.6 Å². The number of likely N-dealkylation sites (tertiary alicyclic amines) is 1. The van der Waals surface area contributed by atoms with Gasteiger partial charge in [0.2, 0.25) is 5.91 Å². The first-order chi connectivity index (χ1) is 8.15. The molecule has 0 aromatic heterocycles. The van der Waals surface area contributed by atoms with Crippen LogP contribution in [-0.4, -0.2) is 35.5 Å². The number of ether oxygens (including phenoxy) is 1. The monoisotopic (exact) mass is 239 g/mol. The van der Waals surface area contributed by atoms with Crippen LogP contribution in [0.2, 0.25) is 0 Å². The van der Waals surface area contributed by atoms with Crippen LogP contribution in [0.3, 0.4) is 0 Å². The van der Waals surface area contributed by atoms with Gasteiger partial charge in [0.25, 0.3) is 0 Å². The Morgan fingerprint density at radius 1 is 1.29 bits per heavy atom. The molecule has 1 saturated heterocycles. The van der Waals surface area contributed by atoms with Gasteiger partial charge in [-0.2, -0.15) is 0 Å². The molecule has 0 radical (unpaired) electrons. The fourth-order valence-electron chi connectivity index (χ4n) is 3.36. The fourth-order valence-corrected chi connectivity index (χ4v) is 3.36. The maximum Gasteiger partial charge on any atom is 0.328 e. The lowest BCUT2D eigenvalue weighted by Gasteiger charge is -2.32. The lowest BCUT2D eigenvalue weighted by molar-refractivity contribution is -0.153. The minimum Gasteiger partial charge on any atom is -0.464 e. The molecule has 0 aromatic rings. The molecule has 96 valence electrons. The normalized spacial score (nSPS) is 32.1. The third-order valence-electron chi connectivity index (χ3n) is 4.01. The standard InChI is InChI=1S/C13H21NO3/c1-3-17-13(16)12-8-10-6-4-5-7-11(10)14(12)9(2)15/h10-12H,3-8H2,1-2H3. The summed E-state index contributed by atoms with van der Waals surface area (Å²) in [6.07, 6.45) is 5.37. The quantitative estimate of drug-likeness (QED) is 0.689. The number of fused-ring (bicyclic) bond motifs is 1. The van der Waals surface area contributed by atoms with Crippen molar-refractivity contribution >= 4 is 11.9 Å². The third-order valence-corrected chi connectivity index (χ3v) is 4.01. The van der Waals surface area contributed by atoms with Crippen molar-refractivity contribution in [3.8, 4) is 0 Å². The molecule has 4 heteroatoms. The average molecular weight is 239 g/mol. The molecule has 2 rings (SSSR count). The molecular weight excluding hydrogens is 218 g/mol. The Balaban J connectivity index is 2.15. The number of rotatable bonds is 2. The predicted octanol–water partition coefficient (Wildman–Crippen LogP) is 1.73. The van der Waals surface area contributed by atoms with Crippen molar-refractivity contribution in [3.63, 3.8) is 0 Å². The van der Waals surface area contributed by atoms with E-state index in [1.54, 1.807) is 18.7 Å². The molecule has 0 spiro atoms. The van der Waals surface area contributed by atoms with Gasteiger partial charge < -0.3 is 9.64 Å². The van der Waals surface area contributed by atoms with E-state index in [0.29, 0.717) is 12.5 Å². The molecule has 1 saturated carbocycles. The minimum absolute atomic E-state index is 0.0115. The molecule has 2 fully saturated rings. The van der Waals surface area contributed by atoms with E-state index in [4.69, 9.17) is 4.74 Å². The number of amides is 1. The highest BCUT2D eigenvalue weighted by molar-refractivity contribution is 5.84. The number of carbonyl (C=O) groups excluding carboxylic acids is 2. The van der Waals surface area contributed by atoms with E-state index in [1.165, 1.54) is 12.8 Å². The summed E-state index contributed by atoms with van der Waals surface area (Å²) < 4.78 is 5.08. The molecule has 17 heavy (non-hydrogen) atoms. The largest absolute Gasteiger partial charge is 0.464 e. The Hall–Kier alpha value is -1.06. The second kappa shape index (κ2) is 5.07. The second-order valence-corrected chi connectivity index (χ2v) is 5.04. The summed E-state index contributed by atoms with van der Waals surface area (Å²) in [6.45, 7) is 3.75. The van der Waals surface area contributed by atoms with Gasteiger partial charge in [0.15, 0.2) is 0 Å². The number of esters is 1. The van der Waals surface area contributed by atoms with E-state index in [1.807, 2.05) is 0 Å². The third kappa shape index (κ3) is 2.31. The van der Waals surface area contributed by atoms with Crippen LogP contribution in [0.5, 0.6) is 0 Å². The summed E-state index contributed by atoms with van der Waals surface area (Å²) >= 11 is 0. The smallest absolute Gasteiger partial charge is 0.328 e. The lowest BCUT2D eigenvalue weighted by atomic mass is 9.85.